The first-order valence-electron chi connectivity index (χ1n) is 9.75. The smallest absolute Gasteiger partial charge is 0.126 e. The second kappa shape index (κ2) is 8.53. The molecule has 29 heavy (non-hydrogen) atoms. The van der Waals surface area contributed by atoms with E-state index in [1.54, 1.807) is 32.7 Å². The fourth-order valence-corrected chi connectivity index (χ4v) is 5.05. The summed E-state index contributed by atoms with van der Waals surface area (Å²) >= 11 is 1.72. The lowest BCUT2D eigenvalue weighted by Gasteiger charge is -2.34. The molecule has 0 amide bonds. The van der Waals surface area contributed by atoms with Crippen LogP contribution in [0.1, 0.15) is 17.8 Å². The van der Waals surface area contributed by atoms with Gasteiger partial charge in [-0.15, -0.1) is 11.3 Å². The third-order valence-electron chi connectivity index (χ3n) is 5.53. The quantitative estimate of drug-likeness (QED) is 0.637. The van der Waals surface area contributed by atoms with Gasteiger partial charge in [0, 0.05) is 12.7 Å². The number of benzene rings is 2. The minimum absolute atomic E-state index is 0.331. The van der Waals surface area contributed by atoms with E-state index in [9.17, 15) is 0 Å². The molecule has 0 atom stereocenters. The van der Waals surface area contributed by atoms with Crippen molar-refractivity contribution in [2.75, 3.05) is 34.4 Å². The predicted molar refractivity (Wildman–Crippen MR) is 117 cm³/mol. The van der Waals surface area contributed by atoms with Crippen LogP contribution in [-0.4, -0.2) is 39.4 Å². The van der Waals surface area contributed by atoms with E-state index in [4.69, 9.17) is 19.2 Å². The van der Waals surface area contributed by atoms with Crippen molar-refractivity contribution in [1.29, 1.82) is 0 Å². The van der Waals surface area contributed by atoms with Gasteiger partial charge in [-0.3, -0.25) is 0 Å². The number of rotatable bonds is 6. The summed E-state index contributed by atoms with van der Waals surface area (Å²) in [5.41, 5.74) is 2.84. The maximum atomic E-state index is 6.05. The highest BCUT2D eigenvalue weighted by molar-refractivity contribution is 7.15. The molecule has 2 heterocycles. The number of ether oxygens (including phenoxy) is 3. The average Bonchev–Trinajstić information content (AvgIpc) is 3.26. The Hall–Kier alpha value is -2.41. The van der Waals surface area contributed by atoms with Crippen molar-refractivity contribution in [3.63, 3.8) is 0 Å². The summed E-state index contributed by atoms with van der Waals surface area (Å²) in [5.74, 6) is 1.68. The van der Waals surface area contributed by atoms with Gasteiger partial charge in [0.05, 0.1) is 24.8 Å². The normalized spacial score (nSPS) is 15.8. The van der Waals surface area contributed by atoms with Crippen molar-refractivity contribution in [1.82, 2.24) is 10.3 Å². The van der Waals surface area contributed by atoms with Gasteiger partial charge < -0.3 is 19.5 Å². The Morgan fingerprint density at radius 3 is 1.90 bits per heavy atom. The van der Waals surface area contributed by atoms with E-state index in [0.29, 0.717) is 0 Å². The third-order valence-corrected chi connectivity index (χ3v) is 6.82. The van der Waals surface area contributed by atoms with Crippen LogP contribution in [0.3, 0.4) is 0 Å². The Morgan fingerprint density at radius 1 is 0.828 bits per heavy atom. The highest BCUT2D eigenvalue weighted by atomic mass is 32.1. The number of methoxy groups -OCH3 is 3. The maximum Gasteiger partial charge on any atom is 0.126 e. The van der Waals surface area contributed by atoms with Crippen LogP contribution in [0.25, 0.3) is 21.7 Å². The summed E-state index contributed by atoms with van der Waals surface area (Å²) < 4.78 is 16.7. The van der Waals surface area contributed by atoms with E-state index >= 15 is 0 Å². The molecule has 1 aliphatic heterocycles. The lowest BCUT2D eigenvalue weighted by Crippen LogP contribution is -2.41. The number of hydrogen-bond donors (Lipinski definition) is 1. The number of hydrogen-bond acceptors (Lipinski definition) is 6. The predicted octanol–water partition coefficient (Wildman–Crippen LogP) is 4.72. The highest BCUT2D eigenvalue weighted by Gasteiger charge is 2.38. The summed E-state index contributed by atoms with van der Waals surface area (Å²) in [5, 5.41) is 4.46. The van der Waals surface area contributed by atoms with Crippen molar-refractivity contribution < 1.29 is 14.2 Å². The third kappa shape index (κ3) is 3.88. The fraction of sp³-hybridized carbons (Fsp3) is 0.348. The molecule has 2 aromatic carbocycles. The molecule has 6 heteroatoms. The second-order valence-electron chi connectivity index (χ2n) is 7.10. The zero-order valence-electron chi connectivity index (χ0n) is 17.0. The maximum absolute atomic E-state index is 6.05. The van der Waals surface area contributed by atoms with Gasteiger partial charge in [0.2, 0.25) is 0 Å². The summed E-state index contributed by atoms with van der Waals surface area (Å²) in [6, 6.07) is 16.2. The first-order valence-corrected chi connectivity index (χ1v) is 10.6. The topological polar surface area (TPSA) is 52.6 Å². The van der Waals surface area contributed by atoms with Crippen LogP contribution in [0.15, 0.2) is 48.5 Å². The van der Waals surface area contributed by atoms with E-state index < -0.39 is 0 Å². The molecule has 1 fully saturated rings. The first-order chi connectivity index (χ1) is 14.2. The van der Waals surface area contributed by atoms with Crippen molar-refractivity contribution in [2.24, 2.45) is 0 Å². The second-order valence-corrected chi connectivity index (χ2v) is 8.10. The van der Waals surface area contributed by atoms with E-state index in [0.717, 1.165) is 64.1 Å². The van der Waals surface area contributed by atoms with Crippen LogP contribution in [0.2, 0.25) is 0 Å². The fourth-order valence-electron chi connectivity index (χ4n) is 3.73. The van der Waals surface area contributed by atoms with Crippen molar-refractivity contribution in [2.45, 2.75) is 18.4 Å². The van der Waals surface area contributed by atoms with Crippen LogP contribution in [0.4, 0.5) is 0 Å². The summed E-state index contributed by atoms with van der Waals surface area (Å²) in [4.78, 5) is 6.26. The molecule has 0 saturated carbocycles. The Morgan fingerprint density at radius 2 is 1.38 bits per heavy atom. The van der Waals surface area contributed by atoms with Crippen LogP contribution in [0.5, 0.6) is 11.5 Å². The molecule has 1 aliphatic rings. The molecule has 0 aliphatic carbocycles. The first kappa shape index (κ1) is 19.9. The van der Waals surface area contributed by atoms with Crippen LogP contribution in [0, 0.1) is 0 Å². The van der Waals surface area contributed by atoms with E-state index in [-0.39, 0.29) is 5.60 Å². The van der Waals surface area contributed by atoms with Gasteiger partial charge in [-0.1, -0.05) is 0 Å². The molecule has 3 aromatic rings. The SMILES string of the molecule is COc1ccc(-c2nc(C3(OC)CCNCC3)sc2-c2ccc(OC)cc2)cc1. The monoisotopic (exact) mass is 410 g/mol. The Kier molecular flexibility index (Phi) is 5.85. The standard InChI is InChI=1S/C23H26N2O3S/c1-26-18-8-4-16(5-9-18)20-21(17-6-10-19(27-2)11-7-17)29-22(25-20)23(28-3)12-14-24-15-13-23/h4-11,24H,12-15H2,1-3H3. The molecule has 0 unspecified atom stereocenters. The van der Waals surface area contributed by atoms with Crippen molar-refractivity contribution in [3.05, 3.63) is 53.5 Å². The van der Waals surface area contributed by atoms with Crippen LogP contribution in [-0.2, 0) is 10.3 Å². The molecule has 0 bridgehead atoms. The van der Waals surface area contributed by atoms with Gasteiger partial charge >= 0.3 is 0 Å². The Bertz CT molecular complexity index is 880. The minimum atomic E-state index is -0.331. The molecule has 1 aromatic heterocycles. The number of thiazole rings is 1. The molecule has 4 rings (SSSR count). The van der Waals surface area contributed by atoms with Crippen molar-refractivity contribution >= 4 is 11.3 Å². The van der Waals surface area contributed by atoms with E-state index in [2.05, 4.69) is 29.6 Å². The van der Waals surface area contributed by atoms with E-state index in [1.807, 2.05) is 24.3 Å². The molecule has 152 valence electrons. The Balaban J connectivity index is 1.83. The van der Waals surface area contributed by atoms with Crippen LogP contribution >= 0.6 is 11.3 Å². The zero-order chi connectivity index (χ0) is 20.3. The lowest BCUT2D eigenvalue weighted by atomic mass is 9.93. The highest BCUT2D eigenvalue weighted by Crippen LogP contribution is 2.44. The minimum Gasteiger partial charge on any atom is -0.497 e. The molecule has 5 nitrogen and oxygen atoms in total. The molecule has 0 radical (unpaired) electrons. The number of piperidine rings is 1. The Labute approximate surface area is 175 Å². The van der Waals surface area contributed by atoms with Crippen LogP contribution < -0.4 is 14.8 Å². The van der Waals surface area contributed by atoms with E-state index in [1.165, 1.54) is 0 Å². The van der Waals surface area contributed by atoms with Gasteiger partial charge in [-0.25, -0.2) is 4.98 Å². The molecular weight excluding hydrogens is 384 g/mol. The van der Waals surface area contributed by atoms with Crippen molar-refractivity contribution in [3.8, 4) is 33.2 Å². The van der Waals surface area contributed by atoms with Gasteiger partial charge in [-0.2, -0.15) is 0 Å². The number of nitrogens with zero attached hydrogens (tertiary/aromatic N) is 1. The molecule has 1 saturated heterocycles. The number of aromatic nitrogens is 1. The van der Waals surface area contributed by atoms with Gasteiger partial charge in [0.15, 0.2) is 0 Å². The largest absolute Gasteiger partial charge is 0.497 e. The summed E-state index contributed by atoms with van der Waals surface area (Å²) in [7, 11) is 5.16. The lowest BCUT2D eigenvalue weighted by molar-refractivity contribution is -0.0391. The van der Waals surface area contributed by atoms with Gasteiger partial charge in [-0.05, 0) is 80.0 Å². The summed E-state index contributed by atoms with van der Waals surface area (Å²) in [6.45, 7) is 1.87. The average molecular weight is 411 g/mol. The summed E-state index contributed by atoms with van der Waals surface area (Å²) in [6.07, 6.45) is 1.84. The molecule has 0 spiro atoms. The molecule has 1 N–H and O–H groups in total. The van der Waals surface area contributed by atoms with Gasteiger partial charge in [0.25, 0.3) is 0 Å². The number of nitrogens with one attached hydrogen (secondary N) is 1. The molecular formula is C23H26N2O3S. The zero-order valence-corrected chi connectivity index (χ0v) is 17.8. The van der Waals surface area contributed by atoms with Gasteiger partial charge in [0.1, 0.15) is 22.1 Å².